The molecule has 5 nitrogen and oxygen atoms in total. The zero-order valence-corrected chi connectivity index (χ0v) is 10.7. The highest BCUT2D eigenvalue weighted by Crippen LogP contribution is 2.28. The van der Waals surface area contributed by atoms with E-state index in [9.17, 15) is 4.79 Å². The van der Waals surface area contributed by atoms with E-state index < -0.39 is 0 Å². The number of nitriles is 1. The molecule has 1 amide bonds. The number of rotatable bonds is 4. The number of aryl methyl sites for hydroxylation is 2. The van der Waals surface area contributed by atoms with Gasteiger partial charge in [-0.15, -0.1) is 0 Å². The van der Waals surface area contributed by atoms with E-state index in [1.54, 1.807) is 17.9 Å². The molecule has 0 aliphatic heterocycles. The molecule has 0 bridgehead atoms. The van der Waals surface area contributed by atoms with Crippen LogP contribution in [0.15, 0.2) is 6.07 Å². The first-order chi connectivity index (χ1) is 8.63. The van der Waals surface area contributed by atoms with Crippen LogP contribution in [0.5, 0.6) is 0 Å². The van der Waals surface area contributed by atoms with Crippen molar-refractivity contribution >= 4 is 5.91 Å². The SMILES string of the molecule is Cc1cc(C(=O)N(CCC#N)C2CC2)c(C)nn1. The molecule has 0 N–H and O–H groups in total. The quantitative estimate of drug-likeness (QED) is 0.806. The van der Waals surface area contributed by atoms with Gasteiger partial charge in [0, 0.05) is 12.6 Å². The fourth-order valence-electron chi connectivity index (χ4n) is 1.93. The molecule has 1 saturated carbocycles. The first-order valence-electron chi connectivity index (χ1n) is 6.12. The van der Waals surface area contributed by atoms with E-state index in [2.05, 4.69) is 16.3 Å². The van der Waals surface area contributed by atoms with Gasteiger partial charge in [0.1, 0.15) is 0 Å². The molecule has 0 atom stereocenters. The summed E-state index contributed by atoms with van der Waals surface area (Å²) >= 11 is 0. The van der Waals surface area contributed by atoms with Crippen molar-refractivity contribution in [3.8, 4) is 6.07 Å². The second kappa shape index (κ2) is 5.13. The first-order valence-corrected chi connectivity index (χ1v) is 6.12. The van der Waals surface area contributed by atoms with Crippen LogP contribution in [0.25, 0.3) is 0 Å². The summed E-state index contributed by atoms with van der Waals surface area (Å²) in [7, 11) is 0. The average Bonchev–Trinajstić information content (AvgIpc) is 3.17. The van der Waals surface area contributed by atoms with Gasteiger partial charge in [-0.05, 0) is 32.8 Å². The number of carbonyl (C=O) groups excluding carboxylic acids is 1. The molecule has 1 aromatic heterocycles. The molecular formula is C13H16N4O. The third-order valence-corrected chi connectivity index (χ3v) is 3.04. The van der Waals surface area contributed by atoms with E-state index in [1.165, 1.54) is 0 Å². The fraction of sp³-hybridized carbons (Fsp3) is 0.538. The number of hydrogen-bond donors (Lipinski definition) is 0. The molecule has 0 spiro atoms. The topological polar surface area (TPSA) is 69.9 Å². The highest BCUT2D eigenvalue weighted by molar-refractivity contribution is 5.95. The zero-order valence-electron chi connectivity index (χ0n) is 10.7. The van der Waals surface area contributed by atoms with Gasteiger partial charge >= 0.3 is 0 Å². The van der Waals surface area contributed by atoms with Crippen LogP contribution in [0, 0.1) is 25.2 Å². The summed E-state index contributed by atoms with van der Waals surface area (Å²) in [4.78, 5) is 14.3. The number of amides is 1. The van der Waals surface area contributed by atoms with E-state index in [-0.39, 0.29) is 5.91 Å². The summed E-state index contributed by atoms with van der Waals surface area (Å²) in [6.45, 7) is 4.11. The molecule has 0 radical (unpaired) electrons. The molecule has 94 valence electrons. The summed E-state index contributed by atoms with van der Waals surface area (Å²) in [6, 6.07) is 4.17. The molecule has 18 heavy (non-hydrogen) atoms. The predicted molar refractivity (Wildman–Crippen MR) is 65.8 cm³/mol. The van der Waals surface area contributed by atoms with Crippen LogP contribution in [0.3, 0.4) is 0 Å². The van der Waals surface area contributed by atoms with E-state index in [0.717, 1.165) is 18.5 Å². The van der Waals surface area contributed by atoms with E-state index in [4.69, 9.17) is 5.26 Å². The lowest BCUT2D eigenvalue weighted by atomic mass is 10.1. The summed E-state index contributed by atoms with van der Waals surface area (Å²) in [5.41, 5.74) is 1.99. The maximum Gasteiger partial charge on any atom is 0.256 e. The Hall–Kier alpha value is -1.96. The van der Waals surface area contributed by atoms with Gasteiger partial charge in [-0.1, -0.05) is 0 Å². The third kappa shape index (κ3) is 2.65. The molecule has 0 aromatic carbocycles. The monoisotopic (exact) mass is 244 g/mol. The van der Waals surface area contributed by atoms with Crippen LogP contribution in [0.2, 0.25) is 0 Å². The lowest BCUT2D eigenvalue weighted by Crippen LogP contribution is -2.34. The molecule has 1 aliphatic carbocycles. The minimum absolute atomic E-state index is 0.0248. The molecule has 2 rings (SSSR count). The van der Waals surface area contributed by atoms with Crippen LogP contribution < -0.4 is 0 Å². The van der Waals surface area contributed by atoms with Gasteiger partial charge in [-0.3, -0.25) is 4.79 Å². The lowest BCUT2D eigenvalue weighted by Gasteiger charge is -2.21. The van der Waals surface area contributed by atoms with Crippen LogP contribution in [-0.4, -0.2) is 33.6 Å². The second-order valence-electron chi connectivity index (χ2n) is 4.62. The molecule has 0 saturated heterocycles. The smallest absolute Gasteiger partial charge is 0.256 e. The minimum atomic E-state index is -0.0248. The van der Waals surface area contributed by atoms with Gasteiger partial charge < -0.3 is 4.90 Å². The number of carbonyl (C=O) groups is 1. The van der Waals surface area contributed by atoms with Gasteiger partial charge in [0.15, 0.2) is 0 Å². The number of hydrogen-bond acceptors (Lipinski definition) is 4. The summed E-state index contributed by atoms with van der Waals surface area (Å²) in [5.74, 6) is -0.0248. The van der Waals surface area contributed by atoms with Gasteiger partial charge in [-0.2, -0.15) is 15.5 Å². The maximum absolute atomic E-state index is 12.5. The Morgan fingerprint density at radius 3 is 2.83 bits per heavy atom. The Labute approximate surface area is 106 Å². The Bertz CT molecular complexity index is 502. The van der Waals surface area contributed by atoms with E-state index in [1.807, 2.05) is 6.92 Å². The highest BCUT2D eigenvalue weighted by atomic mass is 16.2. The summed E-state index contributed by atoms with van der Waals surface area (Å²) < 4.78 is 0. The Kier molecular flexibility index (Phi) is 3.56. The van der Waals surface area contributed by atoms with Crippen LogP contribution in [-0.2, 0) is 0 Å². The molecule has 1 aliphatic rings. The molecule has 1 heterocycles. The van der Waals surface area contributed by atoms with Gasteiger partial charge in [0.25, 0.3) is 5.91 Å². The molecular weight excluding hydrogens is 228 g/mol. The van der Waals surface area contributed by atoms with E-state index >= 15 is 0 Å². The first kappa shape index (κ1) is 12.5. The third-order valence-electron chi connectivity index (χ3n) is 3.04. The van der Waals surface area contributed by atoms with Crippen molar-refractivity contribution in [1.29, 1.82) is 5.26 Å². The fourth-order valence-corrected chi connectivity index (χ4v) is 1.93. The van der Waals surface area contributed by atoms with Crippen molar-refractivity contribution < 1.29 is 4.79 Å². The lowest BCUT2D eigenvalue weighted by molar-refractivity contribution is 0.0745. The summed E-state index contributed by atoms with van der Waals surface area (Å²) in [6.07, 6.45) is 2.44. The number of aromatic nitrogens is 2. The van der Waals surface area contributed by atoms with Crippen molar-refractivity contribution in [2.24, 2.45) is 0 Å². The van der Waals surface area contributed by atoms with Crippen LogP contribution in [0.4, 0.5) is 0 Å². The van der Waals surface area contributed by atoms with Crippen molar-refractivity contribution in [3.63, 3.8) is 0 Å². The van der Waals surface area contributed by atoms with E-state index in [0.29, 0.717) is 30.3 Å². The average molecular weight is 244 g/mol. The predicted octanol–water partition coefficient (Wildman–Crippen LogP) is 1.61. The number of nitrogens with zero attached hydrogens (tertiary/aromatic N) is 4. The molecule has 5 heteroatoms. The van der Waals surface area contributed by atoms with Crippen molar-refractivity contribution in [2.45, 2.75) is 39.2 Å². The normalized spacial score (nSPS) is 14.1. The van der Waals surface area contributed by atoms with Gasteiger partial charge in [0.2, 0.25) is 0 Å². The van der Waals surface area contributed by atoms with Crippen molar-refractivity contribution in [3.05, 3.63) is 23.0 Å². The van der Waals surface area contributed by atoms with Crippen LogP contribution >= 0.6 is 0 Å². The zero-order chi connectivity index (χ0) is 13.1. The Morgan fingerprint density at radius 1 is 1.50 bits per heavy atom. The highest BCUT2D eigenvalue weighted by Gasteiger charge is 2.33. The van der Waals surface area contributed by atoms with Crippen molar-refractivity contribution in [1.82, 2.24) is 15.1 Å². The minimum Gasteiger partial charge on any atom is -0.335 e. The van der Waals surface area contributed by atoms with Gasteiger partial charge in [-0.25, -0.2) is 0 Å². The summed E-state index contributed by atoms with van der Waals surface area (Å²) in [5, 5.41) is 16.6. The van der Waals surface area contributed by atoms with Crippen molar-refractivity contribution in [2.75, 3.05) is 6.54 Å². The molecule has 1 aromatic rings. The maximum atomic E-state index is 12.5. The second-order valence-corrected chi connectivity index (χ2v) is 4.62. The van der Waals surface area contributed by atoms with Gasteiger partial charge in [0.05, 0.1) is 29.4 Å². The standard InChI is InChI=1S/C13H16N4O/c1-9-8-12(10(2)16-15-9)13(18)17(7-3-6-14)11-4-5-11/h8,11H,3-5,7H2,1-2H3. The Morgan fingerprint density at radius 2 is 2.22 bits per heavy atom. The Balaban J connectivity index is 2.22. The largest absolute Gasteiger partial charge is 0.335 e. The van der Waals surface area contributed by atoms with Crippen LogP contribution in [0.1, 0.15) is 41.0 Å². The molecule has 1 fully saturated rings. The molecule has 0 unspecified atom stereocenters.